The number of carbonyl (C=O) groups is 1. The third-order valence-electron chi connectivity index (χ3n) is 2.73. The average Bonchev–Trinajstić information content (AvgIpc) is 2.33. The molecular formula is C14H21FN2O2. The van der Waals surface area contributed by atoms with Crippen LogP contribution in [0.15, 0.2) is 18.2 Å². The number of methoxy groups -OCH3 is 1. The Kier molecular flexibility index (Phi) is 5.30. The molecule has 0 spiro atoms. The predicted molar refractivity (Wildman–Crippen MR) is 72.5 cm³/mol. The number of carbonyl (C=O) groups excluding carboxylic acids is 1. The van der Waals surface area contributed by atoms with Crippen molar-refractivity contribution >= 4 is 5.91 Å². The number of nitrogens with two attached hydrogens (primary N) is 1. The number of halogens is 1. The van der Waals surface area contributed by atoms with Crippen LogP contribution in [-0.4, -0.2) is 25.1 Å². The van der Waals surface area contributed by atoms with Crippen molar-refractivity contribution in [3.63, 3.8) is 0 Å². The minimum atomic E-state index is -0.869. The van der Waals surface area contributed by atoms with Crippen LogP contribution in [0.4, 0.5) is 4.39 Å². The van der Waals surface area contributed by atoms with Crippen molar-refractivity contribution in [3.05, 3.63) is 29.6 Å². The number of amides is 1. The van der Waals surface area contributed by atoms with Crippen LogP contribution in [0.1, 0.15) is 25.8 Å². The Morgan fingerprint density at radius 2 is 2.16 bits per heavy atom. The maximum atomic E-state index is 13.4. The summed E-state index contributed by atoms with van der Waals surface area (Å²) in [7, 11) is 1.43. The van der Waals surface area contributed by atoms with Crippen LogP contribution in [0, 0.1) is 5.82 Å². The summed E-state index contributed by atoms with van der Waals surface area (Å²) in [6.07, 6.45) is 1.42. The van der Waals surface area contributed by atoms with E-state index in [1.54, 1.807) is 19.9 Å². The van der Waals surface area contributed by atoms with Gasteiger partial charge in [0, 0.05) is 6.54 Å². The first-order chi connectivity index (χ1) is 8.84. The monoisotopic (exact) mass is 268 g/mol. The normalized spacial score (nSPS) is 11.2. The fourth-order valence-electron chi connectivity index (χ4n) is 1.59. The van der Waals surface area contributed by atoms with E-state index in [9.17, 15) is 9.18 Å². The van der Waals surface area contributed by atoms with Gasteiger partial charge >= 0.3 is 0 Å². The van der Waals surface area contributed by atoms with Gasteiger partial charge in [0.15, 0.2) is 11.6 Å². The Morgan fingerprint density at radius 3 is 2.68 bits per heavy atom. The first kappa shape index (κ1) is 15.4. The van der Waals surface area contributed by atoms with E-state index >= 15 is 0 Å². The minimum Gasteiger partial charge on any atom is -0.494 e. The number of aryl methyl sites for hydroxylation is 1. The summed E-state index contributed by atoms with van der Waals surface area (Å²) in [5.41, 5.74) is 5.65. The molecule has 5 heteroatoms. The molecule has 0 aliphatic rings. The summed E-state index contributed by atoms with van der Waals surface area (Å²) < 4.78 is 18.3. The lowest BCUT2D eigenvalue weighted by Crippen LogP contribution is -2.49. The van der Waals surface area contributed by atoms with E-state index in [4.69, 9.17) is 10.5 Å². The van der Waals surface area contributed by atoms with E-state index < -0.39 is 5.54 Å². The Labute approximate surface area is 113 Å². The SMILES string of the molecule is COc1ccc(CCCNC(=O)C(C)(C)N)cc1F. The zero-order valence-electron chi connectivity index (χ0n) is 11.6. The predicted octanol–water partition coefficient (Wildman–Crippen LogP) is 1.62. The highest BCUT2D eigenvalue weighted by atomic mass is 19.1. The van der Waals surface area contributed by atoms with E-state index in [-0.39, 0.29) is 17.5 Å². The summed E-state index contributed by atoms with van der Waals surface area (Å²) in [5.74, 6) is -0.317. The molecule has 0 aliphatic heterocycles. The lowest BCUT2D eigenvalue weighted by atomic mass is 10.1. The van der Waals surface area contributed by atoms with Gasteiger partial charge in [-0.25, -0.2) is 4.39 Å². The third kappa shape index (κ3) is 4.87. The Balaban J connectivity index is 2.38. The first-order valence-electron chi connectivity index (χ1n) is 6.24. The Morgan fingerprint density at radius 1 is 1.47 bits per heavy atom. The molecule has 0 heterocycles. The highest BCUT2D eigenvalue weighted by Crippen LogP contribution is 2.18. The second kappa shape index (κ2) is 6.52. The van der Waals surface area contributed by atoms with Gasteiger partial charge in [-0.1, -0.05) is 6.07 Å². The summed E-state index contributed by atoms with van der Waals surface area (Å²) >= 11 is 0. The van der Waals surface area contributed by atoms with Crippen molar-refractivity contribution in [2.24, 2.45) is 5.73 Å². The van der Waals surface area contributed by atoms with Crippen molar-refractivity contribution in [2.45, 2.75) is 32.2 Å². The van der Waals surface area contributed by atoms with Crippen molar-refractivity contribution < 1.29 is 13.9 Å². The molecule has 3 N–H and O–H groups in total. The number of ether oxygens (including phenoxy) is 1. The van der Waals surface area contributed by atoms with E-state index in [1.165, 1.54) is 13.2 Å². The molecule has 1 aromatic rings. The molecule has 4 nitrogen and oxygen atoms in total. The number of benzene rings is 1. The maximum Gasteiger partial charge on any atom is 0.239 e. The summed E-state index contributed by atoms with van der Waals surface area (Å²) in [6.45, 7) is 3.83. The fourth-order valence-corrected chi connectivity index (χ4v) is 1.59. The number of hydrogen-bond acceptors (Lipinski definition) is 3. The average molecular weight is 268 g/mol. The standard InChI is InChI=1S/C14H21FN2O2/c1-14(2,16)13(18)17-8-4-5-10-6-7-12(19-3)11(15)9-10/h6-7,9H,4-5,8,16H2,1-3H3,(H,17,18). The largest absolute Gasteiger partial charge is 0.494 e. The zero-order valence-corrected chi connectivity index (χ0v) is 11.6. The molecule has 19 heavy (non-hydrogen) atoms. The fraction of sp³-hybridized carbons (Fsp3) is 0.500. The molecule has 0 saturated heterocycles. The lowest BCUT2D eigenvalue weighted by molar-refractivity contribution is -0.125. The summed E-state index contributed by atoms with van der Waals surface area (Å²) in [4.78, 5) is 11.5. The molecule has 106 valence electrons. The summed E-state index contributed by atoms with van der Waals surface area (Å²) in [5, 5.41) is 2.75. The molecular weight excluding hydrogens is 247 g/mol. The van der Waals surface area contributed by atoms with E-state index in [1.807, 2.05) is 6.07 Å². The Hall–Kier alpha value is -1.62. The van der Waals surface area contributed by atoms with Crippen molar-refractivity contribution in [3.8, 4) is 5.75 Å². The first-order valence-corrected chi connectivity index (χ1v) is 6.24. The number of rotatable bonds is 6. The molecule has 1 amide bonds. The van der Waals surface area contributed by atoms with Gasteiger partial charge in [-0.3, -0.25) is 4.79 Å². The molecule has 0 saturated carbocycles. The second-order valence-corrected chi connectivity index (χ2v) is 5.05. The molecule has 0 aliphatic carbocycles. The van der Waals surface area contributed by atoms with Crippen LogP contribution in [0.25, 0.3) is 0 Å². The molecule has 0 aromatic heterocycles. The topological polar surface area (TPSA) is 64.3 Å². The number of nitrogens with one attached hydrogen (secondary N) is 1. The van der Waals surface area contributed by atoms with Crippen LogP contribution in [-0.2, 0) is 11.2 Å². The maximum absolute atomic E-state index is 13.4. The summed E-state index contributed by atoms with van der Waals surface area (Å²) in [6, 6.07) is 4.87. The van der Waals surface area contributed by atoms with Gasteiger partial charge in [0.2, 0.25) is 5.91 Å². The molecule has 0 radical (unpaired) electrons. The van der Waals surface area contributed by atoms with Crippen LogP contribution in [0.5, 0.6) is 5.75 Å². The molecule has 0 fully saturated rings. The van der Waals surface area contributed by atoms with Gasteiger partial charge in [-0.2, -0.15) is 0 Å². The molecule has 0 atom stereocenters. The van der Waals surface area contributed by atoms with Gasteiger partial charge in [0.25, 0.3) is 0 Å². The van der Waals surface area contributed by atoms with Crippen molar-refractivity contribution in [1.82, 2.24) is 5.32 Å². The van der Waals surface area contributed by atoms with Gasteiger partial charge in [0.1, 0.15) is 0 Å². The van der Waals surface area contributed by atoms with Gasteiger partial charge in [-0.15, -0.1) is 0 Å². The zero-order chi connectivity index (χ0) is 14.5. The smallest absolute Gasteiger partial charge is 0.239 e. The van der Waals surface area contributed by atoms with Crippen LogP contribution < -0.4 is 15.8 Å². The number of hydrogen-bond donors (Lipinski definition) is 2. The van der Waals surface area contributed by atoms with Crippen LogP contribution >= 0.6 is 0 Å². The second-order valence-electron chi connectivity index (χ2n) is 5.05. The van der Waals surface area contributed by atoms with Crippen molar-refractivity contribution in [2.75, 3.05) is 13.7 Å². The van der Waals surface area contributed by atoms with Gasteiger partial charge in [0.05, 0.1) is 12.6 Å². The highest BCUT2D eigenvalue weighted by molar-refractivity contribution is 5.84. The van der Waals surface area contributed by atoms with Crippen LogP contribution in [0.3, 0.4) is 0 Å². The molecule has 1 rings (SSSR count). The Bertz CT molecular complexity index is 442. The van der Waals surface area contributed by atoms with Gasteiger partial charge in [-0.05, 0) is 44.4 Å². The lowest BCUT2D eigenvalue weighted by Gasteiger charge is -2.17. The molecule has 0 unspecified atom stereocenters. The third-order valence-corrected chi connectivity index (χ3v) is 2.73. The quantitative estimate of drug-likeness (QED) is 0.771. The molecule has 0 bridgehead atoms. The van der Waals surface area contributed by atoms with E-state index in [2.05, 4.69) is 5.32 Å². The van der Waals surface area contributed by atoms with Gasteiger partial charge < -0.3 is 15.8 Å². The highest BCUT2D eigenvalue weighted by Gasteiger charge is 2.20. The van der Waals surface area contributed by atoms with Crippen LogP contribution in [0.2, 0.25) is 0 Å². The minimum absolute atomic E-state index is 0.187. The van der Waals surface area contributed by atoms with Crippen molar-refractivity contribution in [1.29, 1.82) is 0 Å². The van der Waals surface area contributed by atoms with E-state index in [0.29, 0.717) is 13.0 Å². The van der Waals surface area contributed by atoms with E-state index in [0.717, 1.165) is 12.0 Å². The molecule has 1 aromatic carbocycles.